The number of nitrogens with one attached hydrogen (secondary N) is 1. The molecule has 0 radical (unpaired) electrons. The molecule has 9 nitrogen and oxygen atoms in total. The van der Waals surface area contributed by atoms with Crippen molar-refractivity contribution < 1.29 is 27.1 Å². The standard InChI is InChI=1S/C21H20ClFN4O5S/c1-32-20(29)21(5-6-21)10-27(11-33(24,30)31)16-4-2-3-13(17(16)23)18(28)15-9-26-19-14(15)7-12(22)8-25-19/h2-4,7-9H,5-6,10-11H2,1H3,(H,25,26)(H2,24,30,31). The summed E-state index contributed by atoms with van der Waals surface area (Å²) in [6.45, 7) is -0.128. The van der Waals surface area contributed by atoms with Crippen LogP contribution in [0.2, 0.25) is 5.02 Å². The molecular weight excluding hydrogens is 475 g/mol. The second-order valence-electron chi connectivity index (χ2n) is 7.98. The maximum atomic E-state index is 15.6. The summed E-state index contributed by atoms with van der Waals surface area (Å²) in [6, 6.07) is 5.59. The first-order valence-corrected chi connectivity index (χ1v) is 11.9. The fourth-order valence-electron chi connectivity index (χ4n) is 3.83. The zero-order valence-electron chi connectivity index (χ0n) is 17.5. The van der Waals surface area contributed by atoms with Crippen LogP contribution in [-0.4, -0.2) is 49.7 Å². The average Bonchev–Trinajstić information content (AvgIpc) is 3.42. The molecule has 0 saturated heterocycles. The van der Waals surface area contributed by atoms with Gasteiger partial charge in [0.1, 0.15) is 11.5 Å². The lowest BCUT2D eigenvalue weighted by atomic mass is 10.0. The number of halogens is 2. The number of ether oxygens (including phenoxy) is 1. The molecule has 3 N–H and O–H groups in total. The first kappa shape index (κ1) is 23.1. The molecule has 2 aromatic heterocycles. The molecule has 1 aliphatic carbocycles. The van der Waals surface area contributed by atoms with Crippen molar-refractivity contribution in [3.8, 4) is 0 Å². The third-order valence-corrected chi connectivity index (χ3v) is 6.49. The molecule has 0 aliphatic heterocycles. The highest BCUT2D eigenvalue weighted by Gasteiger charge is 2.52. The van der Waals surface area contributed by atoms with Crippen LogP contribution in [0.1, 0.15) is 28.8 Å². The van der Waals surface area contributed by atoms with Crippen molar-refractivity contribution in [2.45, 2.75) is 12.8 Å². The first-order chi connectivity index (χ1) is 15.5. The normalized spacial score (nSPS) is 14.8. The molecule has 0 unspecified atom stereocenters. The van der Waals surface area contributed by atoms with Crippen molar-refractivity contribution in [3.63, 3.8) is 0 Å². The number of aromatic nitrogens is 2. The van der Waals surface area contributed by atoms with E-state index in [1.165, 1.54) is 43.8 Å². The Hall–Kier alpha value is -3.02. The smallest absolute Gasteiger partial charge is 0.313 e. The zero-order valence-corrected chi connectivity index (χ0v) is 19.0. The highest BCUT2D eigenvalue weighted by Crippen LogP contribution is 2.48. The fraction of sp³-hybridized carbons (Fsp3) is 0.286. The number of pyridine rings is 1. The van der Waals surface area contributed by atoms with E-state index in [0.717, 1.165) is 4.90 Å². The summed E-state index contributed by atoms with van der Waals surface area (Å²) < 4.78 is 44.2. The molecular formula is C21H20ClFN4O5S. The van der Waals surface area contributed by atoms with Crippen LogP contribution in [-0.2, 0) is 19.6 Å². The molecule has 0 atom stereocenters. The lowest BCUT2D eigenvalue weighted by Crippen LogP contribution is -2.41. The van der Waals surface area contributed by atoms with Crippen molar-refractivity contribution in [2.75, 3.05) is 24.4 Å². The molecule has 33 heavy (non-hydrogen) atoms. The van der Waals surface area contributed by atoms with Crippen LogP contribution in [0.4, 0.5) is 10.1 Å². The van der Waals surface area contributed by atoms with Gasteiger partial charge in [0.05, 0.1) is 28.8 Å². The van der Waals surface area contributed by atoms with Gasteiger partial charge in [-0.1, -0.05) is 17.7 Å². The van der Waals surface area contributed by atoms with E-state index in [9.17, 15) is 18.0 Å². The Morgan fingerprint density at radius 1 is 1.33 bits per heavy atom. The number of hydrogen-bond acceptors (Lipinski definition) is 7. The summed E-state index contributed by atoms with van der Waals surface area (Å²) in [7, 11) is -2.85. The number of anilines is 1. The molecule has 4 rings (SSSR count). The van der Waals surface area contributed by atoms with Gasteiger partial charge in [0, 0.05) is 29.9 Å². The number of esters is 1. The molecule has 174 valence electrons. The highest BCUT2D eigenvalue weighted by molar-refractivity contribution is 7.89. The summed E-state index contributed by atoms with van der Waals surface area (Å²) in [6.07, 6.45) is 3.74. The average molecular weight is 495 g/mol. The van der Waals surface area contributed by atoms with Crippen LogP contribution < -0.4 is 10.0 Å². The molecule has 1 saturated carbocycles. The van der Waals surface area contributed by atoms with Crippen molar-refractivity contribution in [1.29, 1.82) is 0 Å². The van der Waals surface area contributed by atoms with E-state index in [1.54, 1.807) is 0 Å². The van der Waals surface area contributed by atoms with E-state index in [-0.39, 0.29) is 23.4 Å². The van der Waals surface area contributed by atoms with Crippen LogP contribution in [0.3, 0.4) is 0 Å². The maximum absolute atomic E-state index is 15.6. The predicted molar refractivity (Wildman–Crippen MR) is 120 cm³/mol. The summed E-state index contributed by atoms with van der Waals surface area (Å²) in [5.74, 6) is -2.84. The second-order valence-corrected chi connectivity index (χ2v) is 10.0. The molecule has 0 spiro atoms. The number of rotatable bonds is 8. The molecule has 12 heteroatoms. The summed E-state index contributed by atoms with van der Waals surface area (Å²) >= 11 is 5.99. The van der Waals surface area contributed by atoms with Gasteiger partial charge < -0.3 is 14.6 Å². The molecule has 1 aromatic carbocycles. The Balaban J connectivity index is 1.75. The summed E-state index contributed by atoms with van der Waals surface area (Å²) in [5.41, 5.74) is -0.839. The number of primary sulfonamides is 1. The number of hydrogen-bond donors (Lipinski definition) is 2. The number of methoxy groups -OCH3 is 1. The van der Waals surface area contributed by atoms with Crippen molar-refractivity contribution >= 4 is 50.1 Å². The maximum Gasteiger partial charge on any atom is 0.313 e. The number of sulfonamides is 1. The van der Waals surface area contributed by atoms with Crippen LogP contribution in [0.25, 0.3) is 11.0 Å². The minimum absolute atomic E-state index is 0.128. The van der Waals surface area contributed by atoms with Gasteiger partial charge in [-0.2, -0.15) is 0 Å². The van der Waals surface area contributed by atoms with Crippen LogP contribution in [0.5, 0.6) is 0 Å². The number of benzene rings is 1. The number of ketones is 1. The third-order valence-electron chi connectivity index (χ3n) is 5.61. The number of nitrogens with two attached hydrogens (primary N) is 1. The van der Waals surface area contributed by atoms with Crippen molar-refractivity contribution in [2.24, 2.45) is 10.6 Å². The SMILES string of the molecule is COC(=O)C1(CN(CS(N)(=O)=O)c2cccc(C(=O)c3c[nH]c4ncc(Cl)cc34)c2F)CC1. The van der Waals surface area contributed by atoms with Gasteiger partial charge in [0.2, 0.25) is 10.0 Å². The lowest BCUT2D eigenvalue weighted by Gasteiger charge is -2.28. The Labute approximate surface area is 193 Å². The van der Waals surface area contributed by atoms with Gasteiger partial charge in [0.15, 0.2) is 11.6 Å². The van der Waals surface area contributed by atoms with Gasteiger partial charge in [-0.25, -0.2) is 22.9 Å². The monoisotopic (exact) mass is 494 g/mol. The third kappa shape index (κ3) is 4.56. The predicted octanol–water partition coefficient (Wildman–Crippen LogP) is 2.59. The van der Waals surface area contributed by atoms with Gasteiger partial charge in [-0.15, -0.1) is 0 Å². The van der Waals surface area contributed by atoms with Crippen LogP contribution >= 0.6 is 11.6 Å². The molecule has 1 fully saturated rings. The minimum atomic E-state index is -4.08. The Morgan fingerprint density at radius 3 is 2.70 bits per heavy atom. The molecule has 2 heterocycles. The number of fused-ring (bicyclic) bond motifs is 1. The van der Waals surface area contributed by atoms with E-state index in [1.807, 2.05) is 0 Å². The topological polar surface area (TPSA) is 135 Å². The number of H-pyrrole nitrogens is 1. The minimum Gasteiger partial charge on any atom is -0.469 e. The first-order valence-electron chi connectivity index (χ1n) is 9.84. The van der Waals surface area contributed by atoms with E-state index in [0.29, 0.717) is 28.9 Å². The Morgan fingerprint density at radius 2 is 2.06 bits per heavy atom. The van der Waals surface area contributed by atoms with Gasteiger partial charge in [-0.05, 0) is 31.0 Å². The Bertz CT molecular complexity index is 1370. The number of nitrogens with zero attached hydrogens (tertiary/aromatic N) is 2. The highest BCUT2D eigenvalue weighted by atomic mass is 35.5. The number of carbonyl (C=O) groups is 2. The largest absolute Gasteiger partial charge is 0.469 e. The van der Waals surface area contributed by atoms with Crippen LogP contribution in [0.15, 0.2) is 36.7 Å². The number of aromatic amines is 1. The molecule has 0 amide bonds. The quantitative estimate of drug-likeness (QED) is 0.363. The van der Waals surface area contributed by atoms with Crippen LogP contribution in [0, 0.1) is 11.2 Å². The van der Waals surface area contributed by atoms with Gasteiger partial charge in [-0.3, -0.25) is 9.59 Å². The van der Waals surface area contributed by atoms with Crippen molar-refractivity contribution in [1.82, 2.24) is 9.97 Å². The van der Waals surface area contributed by atoms with E-state index in [4.69, 9.17) is 21.5 Å². The zero-order chi connectivity index (χ0) is 24.0. The fourth-order valence-corrected chi connectivity index (χ4v) is 4.65. The van der Waals surface area contributed by atoms with Crippen molar-refractivity contribution in [3.05, 3.63) is 58.6 Å². The van der Waals surface area contributed by atoms with Gasteiger partial charge in [0.25, 0.3) is 0 Å². The molecule has 1 aliphatic rings. The van der Waals surface area contributed by atoms with E-state index in [2.05, 4.69) is 9.97 Å². The summed E-state index contributed by atoms with van der Waals surface area (Å²) in [4.78, 5) is 33.5. The van der Waals surface area contributed by atoms with E-state index < -0.39 is 38.9 Å². The molecule has 3 aromatic rings. The lowest BCUT2D eigenvalue weighted by molar-refractivity contribution is -0.146. The van der Waals surface area contributed by atoms with Gasteiger partial charge >= 0.3 is 5.97 Å². The molecule has 0 bridgehead atoms. The summed E-state index contributed by atoms with van der Waals surface area (Å²) in [5, 5.41) is 5.95. The Kier molecular flexibility index (Phi) is 5.89. The van der Waals surface area contributed by atoms with E-state index >= 15 is 4.39 Å². The second kappa shape index (κ2) is 8.40. The number of carbonyl (C=O) groups excluding carboxylic acids is 2.